The Labute approximate surface area is 56.1 Å². The largest absolute Gasteiger partial charge is 0.297 e. The summed E-state index contributed by atoms with van der Waals surface area (Å²) in [7, 11) is 0. The van der Waals surface area contributed by atoms with Gasteiger partial charge in [-0.15, -0.1) is 0 Å². The summed E-state index contributed by atoms with van der Waals surface area (Å²) in [5.74, 6) is 0. The van der Waals surface area contributed by atoms with Crippen LogP contribution in [0.2, 0.25) is 0 Å². The number of halogens is 2. The third-order valence-corrected chi connectivity index (χ3v) is 1.12. The van der Waals surface area contributed by atoms with E-state index in [-0.39, 0.29) is 10.1 Å². The summed E-state index contributed by atoms with van der Waals surface area (Å²) in [6, 6.07) is 0. The monoisotopic (exact) mass is 152 g/mol. The molecule has 44 valence electrons. The van der Waals surface area contributed by atoms with Crippen molar-refractivity contribution >= 4 is 35.8 Å². The summed E-state index contributed by atoms with van der Waals surface area (Å²) >= 11 is 10.1. The fourth-order valence-electron chi connectivity index (χ4n) is 0.113. The predicted octanol–water partition coefficient (Wildman–Crippen LogP) is 1.07. The van der Waals surface area contributed by atoms with Crippen LogP contribution in [0.5, 0.6) is 0 Å². The summed E-state index contributed by atoms with van der Waals surface area (Å²) in [4.78, 5) is 19.3. The Bertz CT molecular complexity index is 123. The first-order valence-electron chi connectivity index (χ1n) is 1.68. The minimum Gasteiger partial charge on any atom is -0.297 e. The van der Waals surface area contributed by atoms with E-state index in [9.17, 15) is 9.59 Å². The highest BCUT2D eigenvalue weighted by atomic mass is 35.5. The molecule has 0 heterocycles. The van der Waals surface area contributed by atoms with Crippen LogP contribution < -0.4 is 0 Å². The normalized spacial score (nSPS) is 12.2. The zero-order chi connectivity index (χ0) is 6.57. The lowest BCUT2D eigenvalue weighted by molar-refractivity contribution is -0.106. The van der Waals surface area contributed by atoms with Gasteiger partial charge in [-0.3, -0.25) is 9.59 Å². The molecule has 0 aromatic rings. The van der Waals surface area contributed by atoms with Crippen molar-refractivity contribution in [1.29, 1.82) is 0 Å². The van der Waals surface area contributed by atoms with E-state index in [0.717, 1.165) is 0 Å². The lowest BCUT2D eigenvalue weighted by Crippen LogP contribution is -1.79. The minimum atomic E-state index is -0.262. The van der Waals surface area contributed by atoms with Gasteiger partial charge in [0.05, 0.1) is 0 Å². The molecule has 0 rings (SSSR count). The number of aldehydes is 2. The van der Waals surface area contributed by atoms with Gasteiger partial charge in [-0.25, -0.2) is 0 Å². The number of carbonyl (C=O) groups is 2. The number of hydrogen-bond acceptors (Lipinski definition) is 2. The van der Waals surface area contributed by atoms with E-state index in [2.05, 4.69) is 0 Å². The number of allylic oxidation sites excluding steroid dienone is 2. The van der Waals surface area contributed by atoms with Crippen molar-refractivity contribution in [3.63, 3.8) is 0 Å². The molecular formula is C4H2Cl2O2. The quantitative estimate of drug-likeness (QED) is 0.439. The van der Waals surface area contributed by atoms with Gasteiger partial charge < -0.3 is 0 Å². The number of carbonyl (C=O) groups excluding carboxylic acids is 2. The Morgan fingerprint density at radius 3 is 1.38 bits per heavy atom. The molecule has 0 aromatic carbocycles. The molecule has 8 heavy (non-hydrogen) atoms. The molecule has 4 heteroatoms. The molecule has 0 fully saturated rings. The highest BCUT2D eigenvalue weighted by molar-refractivity contribution is 6.50. The molecule has 0 N–H and O–H groups in total. The Balaban J connectivity index is 4.25. The molecule has 0 aliphatic heterocycles. The second kappa shape index (κ2) is 3.64. The minimum absolute atomic E-state index is 0.262. The van der Waals surface area contributed by atoms with E-state index in [1.165, 1.54) is 0 Å². The molecular weight excluding hydrogens is 151 g/mol. The smallest absolute Gasteiger partial charge is 0.163 e. The molecule has 0 aliphatic rings. The Morgan fingerprint density at radius 1 is 1.00 bits per heavy atom. The molecule has 0 saturated heterocycles. The van der Waals surface area contributed by atoms with Gasteiger partial charge in [-0.2, -0.15) is 0 Å². The van der Waals surface area contributed by atoms with E-state index >= 15 is 0 Å². The summed E-state index contributed by atoms with van der Waals surface area (Å²) in [6.07, 6.45) is 0.608. The van der Waals surface area contributed by atoms with Gasteiger partial charge in [0.1, 0.15) is 10.1 Å². The first-order valence-corrected chi connectivity index (χ1v) is 2.43. The molecule has 0 atom stereocenters. The third kappa shape index (κ3) is 2.09. The number of rotatable bonds is 2. The van der Waals surface area contributed by atoms with Gasteiger partial charge >= 0.3 is 0 Å². The predicted molar refractivity (Wildman–Crippen MR) is 30.9 cm³/mol. The van der Waals surface area contributed by atoms with Crippen LogP contribution in [-0.2, 0) is 9.59 Å². The molecule has 0 aliphatic carbocycles. The zero-order valence-electron chi connectivity index (χ0n) is 3.73. The van der Waals surface area contributed by atoms with Gasteiger partial charge in [-0.1, -0.05) is 23.2 Å². The van der Waals surface area contributed by atoms with Gasteiger partial charge in [0.15, 0.2) is 12.6 Å². The van der Waals surface area contributed by atoms with Crippen molar-refractivity contribution in [2.45, 2.75) is 0 Å². The first-order chi connectivity index (χ1) is 3.72. The fraction of sp³-hybridized carbons (Fsp3) is 0. The van der Waals surface area contributed by atoms with Gasteiger partial charge in [0.2, 0.25) is 0 Å². The van der Waals surface area contributed by atoms with Crippen molar-refractivity contribution in [3.8, 4) is 0 Å². The maximum absolute atomic E-state index is 9.67. The van der Waals surface area contributed by atoms with Crippen molar-refractivity contribution in [2.75, 3.05) is 0 Å². The zero-order valence-corrected chi connectivity index (χ0v) is 5.24. The lowest BCUT2D eigenvalue weighted by Gasteiger charge is -1.80. The third-order valence-electron chi connectivity index (χ3n) is 0.435. The first kappa shape index (κ1) is 7.66. The second-order valence-corrected chi connectivity index (χ2v) is 1.75. The fourth-order valence-corrected chi connectivity index (χ4v) is 0.202. The van der Waals surface area contributed by atoms with Gasteiger partial charge in [-0.05, 0) is 0 Å². The van der Waals surface area contributed by atoms with E-state index in [0.29, 0.717) is 12.6 Å². The Morgan fingerprint density at radius 2 is 1.25 bits per heavy atom. The highest BCUT2D eigenvalue weighted by Gasteiger charge is 1.95. The van der Waals surface area contributed by atoms with Crippen molar-refractivity contribution in [3.05, 3.63) is 10.1 Å². The lowest BCUT2D eigenvalue weighted by atomic mass is 10.5. The van der Waals surface area contributed by atoms with E-state index in [4.69, 9.17) is 23.2 Å². The van der Waals surface area contributed by atoms with Crippen molar-refractivity contribution in [2.24, 2.45) is 0 Å². The summed E-state index contributed by atoms with van der Waals surface area (Å²) in [5.41, 5.74) is 0. The second-order valence-electron chi connectivity index (χ2n) is 0.932. The topological polar surface area (TPSA) is 34.1 Å². The average molecular weight is 153 g/mol. The summed E-state index contributed by atoms with van der Waals surface area (Å²) < 4.78 is 0. The SMILES string of the molecule is O=CC(Cl)=C(Cl)C=O. The van der Waals surface area contributed by atoms with Crippen LogP contribution in [0.3, 0.4) is 0 Å². The van der Waals surface area contributed by atoms with Crippen molar-refractivity contribution in [1.82, 2.24) is 0 Å². The maximum atomic E-state index is 9.67. The molecule has 0 aromatic heterocycles. The van der Waals surface area contributed by atoms with Crippen LogP contribution in [0.15, 0.2) is 10.1 Å². The molecule has 0 spiro atoms. The van der Waals surface area contributed by atoms with E-state index in [1.54, 1.807) is 0 Å². The summed E-state index contributed by atoms with van der Waals surface area (Å²) in [5, 5.41) is -0.525. The van der Waals surface area contributed by atoms with Crippen LogP contribution in [0.25, 0.3) is 0 Å². The summed E-state index contributed by atoms with van der Waals surface area (Å²) in [6.45, 7) is 0. The highest BCUT2D eigenvalue weighted by Crippen LogP contribution is 2.07. The van der Waals surface area contributed by atoms with Crippen LogP contribution >= 0.6 is 23.2 Å². The van der Waals surface area contributed by atoms with Gasteiger partial charge in [0, 0.05) is 0 Å². The Hall–Kier alpha value is -0.340. The molecule has 0 bridgehead atoms. The molecule has 2 nitrogen and oxygen atoms in total. The van der Waals surface area contributed by atoms with Gasteiger partial charge in [0.25, 0.3) is 0 Å². The van der Waals surface area contributed by atoms with Crippen molar-refractivity contribution < 1.29 is 9.59 Å². The average Bonchev–Trinajstić information content (AvgIpc) is 1.84. The van der Waals surface area contributed by atoms with Crippen LogP contribution in [0.1, 0.15) is 0 Å². The molecule has 0 unspecified atom stereocenters. The van der Waals surface area contributed by atoms with E-state index in [1.807, 2.05) is 0 Å². The number of hydrogen-bond donors (Lipinski definition) is 0. The van der Waals surface area contributed by atoms with Crippen LogP contribution in [0, 0.1) is 0 Å². The Kier molecular flexibility index (Phi) is 3.48. The molecule has 0 amide bonds. The van der Waals surface area contributed by atoms with E-state index < -0.39 is 0 Å². The van der Waals surface area contributed by atoms with Crippen LogP contribution in [-0.4, -0.2) is 12.6 Å². The maximum Gasteiger partial charge on any atom is 0.163 e. The molecule has 0 radical (unpaired) electrons. The molecule has 0 saturated carbocycles. The standard InChI is InChI=1S/C4H2Cl2O2/c5-3(1-7)4(6)2-8/h1-2H. The van der Waals surface area contributed by atoms with Crippen LogP contribution in [0.4, 0.5) is 0 Å².